The van der Waals surface area contributed by atoms with E-state index in [0.717, 1.165) is 0 Å². The van der Waals surface area contributed by atoms with E-state index < -0.39 is 0 Å². The Bertz CT molecular complexity index is 168. The molecule has 1 N–H and O–H groups in total. The Kier molecular flexibility index (Phi) is 4.95. The van der Waals surface area contributed by atoms with Gasteiger partial charge in [-0.25, -0.2) is 0 Å². The maximum atomic E-state index is 10.8. The number of ether oxygens (including phenoxy) is 1. The summed E-state index contributed by atoms with van der Waals surface area (Å²) < 4.78 is 4.52. The first-order chi connectivity index (χ1) is 5.94. The van der Waals surface area contributed by atoms with Crippen molar-refractivity contribution in [3.8, 4) is 0 Å². The average Bonchev–Trinajstić information content (AvgIpc) is 2.13. The Morgan fingerprint density at radius 2 is 2.08 bits per heavy atom. The van der Waals surface area contributed by atoms with Crippen LogP contribution >= 0.6 is 0 Å². The summed E-state index contributed by atoms with van der Waals surface area (Å²) in [7, 11) is 3.25. The van der Waals surface area contributed by atoms with E-state index in [-0.39, 0.29) is 18.1 Å². The molecule has 0 saturated carbocycles. The Morgan fingerprint density at radius 1 is 1.54 bits per heavy atom. The van der Waals surface area contributed by atoms with Gasteiger partial charge in [0.1, 0.15) is 0 Å². The second-order valence-corrected chi connectivity index (χ2v) is 3.72. The SMILES string of the molecule is COC(=O)CCN(C)C(C)(C)CO. The van der Waals surface area contributed by atoms with Crippen LogP contribution in [0.5, 0.6) is 0 Å². The highest BCUT2D eigenvalue weighted by atomic mass is 16.5. The molecule has 0 aromatic heterocycles. The van der Waals surface area contributed by atoms with E-state index in [0.29, 0.717) is 13.0 Å². The van der Waals surface area contributed by atoms with Gasteiger partial charge in [-0.15, -0.1) is 0 Å². The third kappa shape index (κ3) is 4.24. The Labute approximate surface area is 79.5 Å². The van der Waals surface area contributed by atoms with Gasteiger partial charge in [-0.05, 0) is 20.9 Å². The van der Waals surface area contributed by atoms with Crippen LogP contribution in [0.15, 0.2) is 0 Å². The fourth-order valence-corrected chi connectivity index (χ4v) is 0.784. The minimum atomic E-state index is -0.284. The van der Waals surface area contributed by atoms with Crippen LogP contribution in [0, 0.1) is 0 Å². The molecular formula is C9H19NO3. The molecule has 4 nitrogen and oxygen atoms in total. The van der Waals surface area contributed by atoms with Crippen molar-refractivity contribution in [3.05, 3.63) is 0 Å². The molecule has 0 aromatic rings. The molecule has 0 aliphatic rings. The molecular weight excluding hydrogens is 170 g/mol. The van der Waals surface area contributed by atoms with Gasteiger partial charge in [0.25, 0.3) is 0 Å². The lowest BCUT2D eigenvalue weighted by Crippen LogP contribution is -2.45. The number of methoxy groups -OCH3 is 1. The van der Waals surface area contributed by atoms with Gasteiger partial charge in [0.2, 0.25) is 0 Å². The highest BCUT2D eigenvalue weighted by Crippen LogP contribution is 2.10. The molecule has 0 fully saturated rings. The number of nitrogens with zero attached hydrogens (tertiary/aromatic N) is 1. The lowest BCUT2D eigenvalue weighted by atomic mass is 10.1. The molecule has 0 aliphatic heterocycles. The van der Waals surface area contributed by atoms with E-state index in [9.17, 15) is 4.79 Å². The van der Waals surface area contributed by atoms with Crippen LogP contribution in [0.4, 0.5) is 0 Å². The predicted molar refractivity (Wildman–Crippen MR) is 50.4 cm³/mol. The van der Waals surface area contributed by atoms with E-state index in [1.165, 1.54) is 7.11 Å². The monoisotopic (exact) mass is 189 g/mol. The number of aliphatic hydroxyl groups excluding tert-OH is 1. The third-order valence-electron chi connectivity index (χ3n) is 2.30. The lowest BCUT2D eigenvalue weighted by Gasteiger charge is -2.33. The molecule has 0 aromatic carbocycles. The van der Waals surface area contributed by atoms with Gasteiger partial charge in [0, 0.05) is 12.1 Å². The normalized spacial score (nSPS) is 11.8. The molecule has 0 atom stereocenters. The molecule has 0 aliphatic carbocycles. The second-order valence-electron chi connectivity index (χ2n) is 3.72. The molecule has 0 unspecified atom stereocenters. The molecule has 78 valence electrons. The topological polar surface area (TPSA) is 49.8 Å². The van der Waals surface area contributed by atoms with Crippen LogP contribution in [0.25, 0.3) is 0 Å². The van der Waals surface area contributed by atoms with Gasteiger partial charge < -0.3 is 9.84 Å². The van der Waals surface area contributed by atoms with Crippen LogP contribution in [0.2, 0.25) is 0 Å². The van der Waals surface area contributed by atoms with Crippen molar-refractivity contribution in [2.45, 2.75) is 25.8 Å². The summed E-state index contributed by atoms with van der Waals surface area (Å²) in [5.41, 5.74) is -0.284. The number of esters is 1. The van der Waals surface area contributed by atoms with Crippen LogP contribution in [0.3, 0.4) is 0 Å². The highest BCUT2D eigenvalue weighted by Gasteiger charge is 2.22. The van der Waals surface area contributed by atoms with Gasteiger partial charge in [-0.3, -0.25) is 9.69 Å². The van der Waals surface area contributed by atoms with E-state index in [4.69, 9.17) is 5.11 Å². The Morgan fingerprint density at radius 3 is 2.46 bits per heavy atom. The quantitative estimate of drug-likeness (QED) is 0.630. The van der Waals surface area contributed by atoms with Crippen LogP contribution in [-0.4, -0.2) is 48.8 Å². The summed E-state index contributed by atoms with van der Waals surface area (Å²) in [6.07, 6.45) is 0.358. The maximum absolute atomic E-state index is 10.8. The summed E-state index contributed by atoms with van der Waals surface area (Å²) in [5, 5.41) is 9.03. The zero-order chi connectivity index (χ0) is 10.5. The Hall–Kier alpha value is -0.610. The van der Waals surface area contributed by atoms with Crippen molar-refractivity contribution >= 4 is 5.97 Å². The number of rotatable bonds is 5. The molecule has 4 heteroatoms. The van der Waals surface area contributed by atoms with Gasteiger partial charge in [0.15, 0.2) is 0 Å². The van der Waals surface area contributed by atoms with Crippen molar-refractivity contribution in [2.24, 2.45) is 0 Å². The van der Waals surface area contributed by atoms with Crippen molar-refractivity contribution in [2.75, 3.05) is 27.3 Å². The summed E-state index contributed by atoms with van der Waals surface area (Å²) >= 11 is 0. The molecule has 0 amide bonds. The smallest absolute Gasteiger partial charge is 0.306 e. The largest absolute Gasteiger partial charge is 0.469 e. The van der Waals surface area contributed by atoms with Crippen LogP contribution in [-0.2, 0) is 9.53 Å². The summed E-state index contributed by atoms with van der Waals surface area (Å²) in [6, 6.07) is 0. The zero-order valence-corrected chi connectivity index (χ0v) is 8.83. The average molecular weight is 189 g/mol. The van der Waals surface area contributed by atoms with Crippen molar-refractivity contribution in [3.63, 3.8) is 0 Å². The number of likely N-dealkylation sites (N-methyl/N-ethyl adjacent to an activating group) is 1. The Balaban J connectivity index is 3.87. The number of carbonyl (C=O) groups excluding carboxylic acids is 1. The number of carbonyl (C=O) groups is 1. The first-order valence-corrected chi connectivity index (χ1v) is 4.33. The summed E-state index contributed by atoms with van der Waals surface area (Å²) in [5.74, 6) is -0.222. The van der Waals surface area contributed by atoms with E-state index in [1.807, 2.05) is 25.8 Å². The lowest BCUT2D eigenvalue weighted by molar-refractivity contribution is -0.141. The molecule has 0 rings (SSSR count). The van der Waals surface area contributed by atoms with E-state index >= 15 is 0 Å². The summed E-state index contributed by atoms with van der Waals surface area (Å²) in [4.78, 5) is 12.8. The second kappa shape index (κ2) is 5.19. The molecule has 0 saturated heterocycles. The molecule has 0 bridgehead atoms. The number of aliphatic hydroxyl groups is 1. The van der Waals surface area contributed by atoms with Crippen molar-refractivity contribution in [1.82, 2.24) is 4.90 Å². The third-order valence-corrected chi connectivity index (χ3v) is 2.30. The molecule has 0 heterocycles. The van der Waals surface area contributed by atoms with Crippen molar-refractivity contribution in [1.29, 1.82) is 0 Å². The maximum Gasteiger partial charge on any atom is 0.306 e. The summed E-state index contributed by atoms with van der Waals surface area (Å²) in [6.45, 7) is 4.51. The molecule has 13 heavy (non-hydrogen) atoms. The first kappa shape index (κ1) is 12.4. The van der Waals surface area contributed by atoms with Gasteiger partial charge in [-0.1, -0.05) is 0 Å². The minimum absolute atomic E-state index is 0.0741. The number of hydrogen-bond donors (Lipinski definition) is 1. The fourth-order valence-electron chi connectivity index (χ4n) is 0.784. The van der Waals surface area contributed by atoms with Crippen LogP contribution < -0.4 is 0 Å². The van der Waals surface area contributed by atoms with Gasteiger partial charge >= 0.3 is 5.97 Å². The highest BCUT2D eigenvalue weighted by molar-refractivity contribution is 5.69. The van der Waals surface area contributed by atoms with E-state index in [2.05, 4.69) is 4.74 Å². The van der Waals surface area contributed by atoms with Crippen molar-refractivity contribution < 1.29 is 14.6 Å². The molecule has 0 radical (unpaired) electrons. The van der Waals surface area contributed by atoms with E-state index in [1.54, 1.807) is 0 Å². The first-order valence-electron chi connectivity index (χ1n) is 4.33. The van der Waals surface area contributed by atoms with Crippen LogP contribution in [0.1, 0.15) is 20.3 Å². The standard InChI is InChI=1S/C9H19NO3/c1-9(2,7-11)10(3)6-5-8(12)13-4/h11H,5-7H2,1-4H3. The molecule has 0 spiro atoms. The minimum Gasteiger partial charge on any atom is -0.469 e. The fraction of sp³-hybridized carbons (Fsp3) is 0.889. The number of hydrogen-bond acceptors (Lipinski definition) is 4. The predicted octanol–water partition coefficient (Wildman–Crippen LogP) is 0.252. The zero-order valence-electron chi connectivity index (χ0n) is 8.83. The van der Waals surface area contributed by atoms with Gasteiger partial charge in [-0.2, -0.15) is 0 Å². The van der Waals surface area contributed by atoms with Gasteiger partial charge in [0.05, 0.1) is 20.1 Å².